The molecule has 2 aromatic heterocycles. The maximum absolute atomic E-state index is 12.5. The molecule has 3 aromatic rings. The lowest BCUT2D eigenvalue weighted by Gasteiger charge is -2.09. The molecule has 0 amide bonds. The van der Waals surface area contributed by atoms with Crippen molar-refractivity contribution in [1.82, 2.24) is 4.72 Å². The number of rotatable bonds is 7. The maximum Gasteiger partial charge on any atom is 0.240 e. The lowest BCUT2D eigenvalue weighted by molar-refractivity contribution is 0.224. The number of aryl methyl sites for hydroxylation is 1. The summed E-state index contributed by atoms with van der Waals surface area (Å²) >= 11 is 2.92. The summed E-state index contributed by atoms with van der Waals surface area (Å²) in [5, 5.41) is 14.2. The average molecular weight is 410 g/mol. The van der Waals surface area contributed by atoms with Crippen LogP contribution < -0.4 is 9.46 Å². The van der Waals surface area contributed by atoms with Crippen LogP contribution in [0.3, 0.4) is 0 Å². The van der Waals surface area contributed by atoms with Gasteiger partial charge < -0.3 is 9.84 Å². The summed E-state index contributed by atoms with van der Waals surface area (Å²) in [6.45, 7) is 1.98. The molecular formula is C18H19NO4S3. The molecule has 3 rings (SSSR count). The molecule has 0 aliphatic carbocycles. The van der Waals surface area contributed by atoms with Gasteiger partial charge in [-0.1, -0.05) is 0 Å². The van der Waals surface area contributed by atoms with Gasteiger partial charge >= 0.3 is 0 Å². The van der Waals surface area contributed by atoms with Gasteiger partial charge in [-0.15, -0.1) is 11.3 Å². The molecule has 1 unspecified atom stereocenters. The van der Waals surface area contributed by atoms with Gasteiger partial charge in [0.25, 0.3) is 0 Å². The molecule has 0 saturated carbocycles. The quantitative estimate of drug-likeness (QED) is 0.624. The molecule has 0 saturated heterocycles. The highest BCUT2D eigenvalue weighted by Gasteiger charge is 2.17. The second-order valence-electron chi connectivity index (χ2n) is 5.72. The van der Waals surface area contributed by atoms with Gasteiger partial charge in [0.15, 0.2) is 0 Å². The van der Waals surface area contributed by atoms with E-state index < -0.39 is 16.1 Å². The minimum Gasteiger partial charge on any atom is -0.496 e. The highest BCUT2D eigenvalue weighted by atomic mass is 32.2. The molecule has 0 aliphatic rings. The first kappa shape index (κ1) is 19.1. The molecule has 1 atom stereocenters. The highest BCUT2D eigenvalue weighted by Crippen LogP contribution is 2.30. The van der Waals surface area contributed by atoms with Crippen LogP contribution in [-0.2, 0) is 16.6 Å². The number of sulfonamides is 1. The van der Waals surface area contributed by atoms with E-state index in [4.69, 9.17) is 4.74 Å². The van der Waals surface area contributed by atoms with Gasteiger partial charge in [0, 0.05) is 16.3 Å². The lowest BCUT2D eigenvalue weighted by atomic mass is 10.2. The number of benzene rings is 1. The summed E-state index contributed by atoms with van der Waals surface area (Å²) in [7, 11) is -2.07. The van der Waals surface area contributed by atoms with E-state index in [9.17, 15) is 13.5 Å². The van der Waals surface area contributed by atoms with Crippen molar-refractivity contribution in [3.8, 4) is 5.75 Å². The molecular weight excluding hydrogens is 390 g/mol. The van der Waals surface area contributed by atoms with E-state index in [0.29, 0.717) is 5.75 Å². The fourth-order valence-electron chi connectivity index (χ4n) is 2.50. The van der Waals surface area contributed by atoms with Gasteiger partial charge in [-0.05, 0) is 65.2 Å². The van der Waals surface area contributed by atoms with Crippen LogP contribution in [0.2, 0.25) is 0 Å². The van der Waals surface area contributed by atoms with Crippen molar-refractivity contribution < 1.29 is 18.3 Å². The number of aliphatic hydroxyl groups excluding tert-OH is 1. The lowest BCUT2D eigenvalue weighted by Crippen LogP contribution is -2.22. The zero-order valence-corrected chi connectivity index (χ0v) is 16.7. The SMILES string of the molecule is COc1ccc(S(=O)(=O)NCc2ccc(C(O)c3ccsc3)s2)cc1C. The van der Waals surface area contributed by atoms with Crippen LogP contribution in [0, 0.1) is 6.92 Å². The van der Waals surface area contributed by atoms with Crippen LogP contribution in [0.1, 0.15) is 27.0 Å². The third-order valence-electron chi connectivity index (χ3n) is 3.92. The summed E-state index contributed by atoms with van der Waals surface area (Å²) < 4.78 is 32.7. The van der Waals surface area contributed by atoms with Gasteiger partial charge in [-0.3, -0.25) is 0 Å². The largest absolute Gasteiger partial charge is 0.496 e. The molecule has 0 aliphatic heterocycles. The van der Waals surface area contributed by atoms with Gasteiger partial charge in [0.05, 0.1) is 12.0 Å². The van der Waals surface area contributed by atoms with Crippen LogP contribution in [0.15, 0.2) is 52.1 Å². The molecule has 8 heteroatoms. The smallest absolute Gasteiger partial charge is 0.240 e. The Morgan fingerprint density at radius 1 is 1.23 bits per heavy atom. The first-order valence-corrected chi connectivity index (χ1v) is 11.1. The maximum atomic E-state index is 12.5. The first-order chi connectivity index (χ1) is 12.4. The van der Waals surface area contributed by atoms with E-state index in [-0.39, 0.29) is 11.4 Å². The van der Waals surface area contributed by atoms with Crippen LogP contribution >= 0.6 is 22.7 Å². The molecule has 2 heterocycles. The molecule has 0 fully saturated rings. The van der Waals surface area contributed by atoms with E-state index in [0.717, 1.165) is 20.9 Å². The number of hydrogen-bond acceptors (Lipinski definition) is 6. The van der Waals surface area contributed by atoms with Crippen LogP contribution in [0.5, 0.6) is 5.75 Å². The summed E-state index contributed by atoms with van der Waals surface area (Å²) in [4.78, 5) is 1.83. The molecule has 1 aromatic carbocycles. The Morgan fingerprint density at radius 2 is 2.04 bits per heavy atom. The fraction of sp³-hybridized carbons (Fsp3) is 0.222. The van der Waals surface area contributed by atoms with Gasteiger partial charge in [0.1, 0.15) is 11.9 Å². The molecule has 0 spiro atoms. The first-order valence-electron chi connectivity index (χ1n) is 7.84. The Morgan fingerprint density at radius 3 is 2.69 bits per heavy atom. The Hall–Kier alpha value is -1.71. The Labute approximate surface area is 161 Å². The molecule has 0 bridgehead atoms. The van der Waals surface area contributed by atoms with Crippen LogP contribution in [-0.4, -0.2) is 20.6 Å². The molecule has 26 heavy (non-hydrogen) atoms. The van der Waals surface area contributed by atoms with Crippen LogP contribution in [0.4, 0.5) is 0 Å². The van der Waals surface area contributed by atoms with Gasteiger partial charge in [-0.2, -0.15) is 11.3 Å². The number of methoxy groups -OCH3 is 1. The van der Waals surface area contributed by atoms with Crippen molar-refractivity contribution in [2.24, 2.45) is 0 Å². The second kappa shape index (κ2) is 7.89. The zero-order chi connectivity index (χ0) is 18.7. The summed E-state index contributed by atoms with van der Waals surface area (Å²) in [5.41, 5.74) is 1.60. The normalized spacial score (nSPS) is 12.9. The molecule has 5 nitrogen and oxygen atoms in total. The molecule has 2 N–H and O–H groups in total. The number of nitrogens with one attached hydrogen (secondary N) is 1. The van der Waals surface area contributed by atoms with E-state index in [1.54, 1.807) is 26.2 Å². The Balaban J connectivity index is 1.69. The number of ether oxygens (including phenoxy) is 1. The van der Waals surface area contributed by atoms with Crippen molar-refractivity contribution >= 4 is 32.7 Å². The topological polar surface area (TPSA) is 75.6 Å². The van der Waals surface area contributed by atoms with Gasteiger partial charge in [-0.25, -0.2) is 13.1 Å². The van der Waals surface area contributed by atoms with Crippen molar-refractivity contribution in [2.45, 2.75) is 24.5 Å². The number of aliphatic hydroxyl groups is 1. The van der Waals surface area contributed by atoms with E-state index in [2.05, 4.69) is 4.72 Å². The van der Waals surface area contributed by atoms with E-state index in [1.807, 2.05) is 29.0 Å². The third-order valence-corrected chi connectivity index (χ3v) is 7.16. The number of thiophene rings is 2. The predicted molar refractivity (Wildman–Crippen MR) is 104 cm³/mol. The second-order valence-corrected chi connectivity index (χ2v) is 9.47. The zero-order valence-electron chi connectivity index (χ0n) is 14.3. The third kappa shape index (κ3) is 4.16. The minimum absolute atomic E-state index is 0.175. The van der Waals surface area contributed by atoms with Crippen molar-refractivity contribution in [3.63, 3.8) is 0 Å². The average Bonchev–Trinajstić information content (AvgIpc) is 3.31. The summed E-state index contributed by atoms with van der Waals surface area (Å²) in [5.74, 6) is 0.647. The van der Waals surface area contributed by atoms with Crippen LogP contribution in [0.25, 0.3) is 0 Å². The number of hydrogen-bond donors (Lipinski definition) is 2. The predicted octanol–water partition coefficient (Wildman–Crippen LogP) is 3.69. The Bertz CT molecular complexity index is 978. The summed E-state index contributed by atoms with van der Waals surface area (Å²) in [6, 6.07) is 10.3. The van der Waals surface area contributed by atoms with Gasteiger partial charge in [0.2, 0.25) is 10.0 Å². The summed E-state index contributed by atoms with van der Waals surface area (Å²) in [6.07, 6.45) is -0.680. The monoisotopic (exact) mass is 409 g/mol. The Kier molecular flexibility index (Phi) is 5.79. The van der Waals surface area contributed by atoms with Crippen molar-refractivity contribution in [1.29, 1.82) is 0 Å². The standard InChI is InChI=1S/C18H19NO4S3/c1-12-9-15(4-5-16(12)23-2)26(21,22)19-10-14-3-6-17(25-14)18(20)13-7-8-24-11-13/h3-9,11,18-20H,10H2,1-2H3. The van der Waals surface area contributed by atoms with E-state index >= 15 is 0 Å². The van der Waals surface area contributed by atoms with E-state index in [1.165, 1.54) is 28.7 Å². The molecule has 138 valence electrons. The fourth-order valence-corrected chi connectivity index (χ4v) is 5.33. The minimum atomic E-state index is -3.62. The highest BCUT2D eigenvalue weighted by molar-refractivity contribution is 7.89. The van der Waals surface area contributed by atoms with Crippen molar-refractivity contribution in [3.05, 3.63) is 68.0 Å². The van der Waals surface area contributed by atoms with Crippen molar-refractivity contribution in [2.75, 3.05) is 7.11 Å². The molecule has 0 radical (unpaired) electrons.